The fraction of sp³-hybridized carbons (Fsp3) is 0.556. The largest absolute Gasteiger partial charge is 0.464 e. The fourth-order valence-corrected chi connectivity index (χ4v) is 1.41. The maximum absolute atomic E-state index is 11.0. The summed E-state index contributed by atoms with van der Waals surface area (Å²) in [5.74, 6) is 0. The SMILES string of the molecule is CC(N(NC=O)C(=O)O)C(C)(C)N(NC=O)C(=O)O. The molecule has 0 saturated heterocycles. The summed E-state index contributed by atoms with van der Waals surface area (Å²) >= 11 is 0. The highest BCUT2D eigenvalue weighted by molar-refractivity contribution is 5.70. The molecule has 0 aliphatic carbocycles. The third-order valence-electron chi connectivity index (χ3n) is 2.76. The van der Waals surface area contributed by atoms with Crippen molar-refractivity contribution in [2.45, 2.75) is 32.4 Å². The first-order valence-corrected chi connectivity index (χ1v) is 5.15. The van der Waals surface area contributed by atoms with Crippen LogP contribution in [0.4, 0.5) is 9.59 Å². The van der Waals surface area contributed by atoms with Gasteiger partial charge in [-0.15, -0.1) is 0 Å². The number of carbonyl (C=O) groups excluding carboxylic acids is 2. The molecule has 0 rings (SSSR count). The van der Waals surface area contributed by atoms with Gasteiger partial charge in [0.15, 0.2) is 0 Å². The van der Waals surface area contributed by atoms with Crippen molar-refractivity contribution in [2.75, 3.05) is 0 Å². The van der Waals surface area contributed by atoms with Gasteiger partial charge in [0.2, 0.25) is 12.8 Å². The van der Waals surface area contributed by atoms with Gasteiger partial charge >= 0.3 is 12.2 Å². The molecule has 1 unspecified atom stereocenters. The maximum Gasteiger partial charge on any atom is 0.426 e. The normalized spacial score (nSPS) is 11.9. The average Bonchev–Trinajstić information content (AvgIpc) is 2.30. The number of carbonyl (C=O) groups is 4. The van der Waals surface area contributed by atoms with E-state index in [1.165, 1.54) is 20.8 Å². The molecule has 0 aliphatic rings. The summed E-state index contributed by atoms with van der Waals surface area (Å²) in [4.78, 5) is 42.8. The van der Waals surface area contributed by atoms with Crippen LogP contribution in [0, 0.1) is 0 Å². The molecule has 0 heterocycles. The van der Waals surface area contributed by atoms with Crippen molar-refractivity contribution >= 4 is 25.0 Å². The Morgan fingerprint density at radius 2 is 1.58 bits per heavy atom. The molecule has 0 aromatic heterocycles. The van der Waals surface area contributed by atoms with Gasteiger partial charge in [-0.2, -0.15) is 0 Å². The van der Waals surface area contributed by atoms with Crippen LogP contribution >= 0.6 is 0 Å². The van der Waals surface area contributed by atoms with Crippen molar-refractivity contribution < 1.29 is 29.4 Å². The van der Waals surface area contributed by atoms with Crippen LogP contribution in [-0.2, 0) is 9.59 Å². The van der Waals surface area contributed by atoms with Crippen molar-refractivity contribution in [1.82, 2.24) is 20.9 Å². The van der Waals surface area contributed by atoms with E-state index in [4.69, 9.17) is 10.2 Å². The second-order valence-electron chi connectivity index (χ2n) is 4.09. The van der Waals surface area contributed by atoms with Crippen molar-refractivity contribution in [1.29, 1.82) is 0 Å². The Hall–Kier alpha value is -2.52. The van der Waals surface area contributed by atoms with Gasteiger partial charge < -0.3 is 10.2 Å². The number of hydrazine groups is 2. The highest BCUT2D eigenvalue weighted by Gasteiger charge is 2.41. The summed E-state index contributed by atoms with van der Waals surface area (Å²) < 4.78 is 0. The topological polar surface area (TPSA) is 139 Å². The molecule has 0 aliphatic heterocycles. The Labute approximate surface area is 108 Å². The molecule has 19 heavy (non-hydrogen) atoms. The van der Waals surface area contributed by atoms with Crippen LogP contribution in [0.2, 0.25) is 0 Å². The molecular weight excluding hydrogens is 260 g/mol. The van der Waals surface area contributed by atoms with Gasteiger partial charge in [-0.3, -0.25) is 20.4 Å². The fourth-order valence-electron chi connectivity index (χ4n) is 1.41. The lowest BCUT2D eigenvalue weighted by molar-refractivity contribution is -0.119. The summed E-state index contributed by atoms with van der Waals surface area (Å²) in [6.45, 7) is 4.17. The van der Waals surface area contributed by atoms with E-state index < -0.39 is 23.8 Å². The van der Waals surface area contributed by atoms with E-state index in [9.17, 15) is 19.2 Å². The van der Waals surface area contributed by atoms with Crippen LogP contribution in [0.15, 0.2) is 0 Å². The minimum atomic E-state index is -1.47. The predicted molar refractivity (Wildman–Crippen MR) is 61.7 cm³/mol. The van der Waals surface area contributed by atoms with Crippen molar-refractivity contribution in [3.8, 4) is 0 Å². The van der Waals surface area contributed by atoms with Crippen LogP contribution in [0.5, 0.6) is 0 Å². The number of nitrogens with one attached hydrogen (secondary N) is 2. The molecule has 108 valence electrons. The lowest BCUT2D eigenvalue weighted by Crippen LogP contribution is -2.66. The van der Waals surface area contributed by atoms with Crippen LogP contribution in [0.1, 0.15) is 20.8 Å². The Morgan fingerprint density at radius 3 is 1.89 bits per heavy atom. The Bertz CT molecular complexity index is 372. The summed E-state index contributed by atoms with van der Waals surface area (Å²) in [7, 11) is 0. The first-order chi connectivity index (χ1) is 8.69. The minimum Gasteiger partial charge on any atom is -0.464 e. The van der Waals surface area contributed by atoms with E-state index in [0.29, 0.717) is 10.0 Å². The zero-order valence-corrected chi connectivity index (χ0v) is 10.7. The molecule has 0 radical (unpaired) electrons. The first-order valence-electron chi connectivity index (χ1n) is 5.15. The van der Waals surface area contributed by atoms with E-state index >= 15 is 0 Å². The Morgan fingerprint density at radius 1 is 1.11 bits per heavy atom. The minimum absolute atomic E-state index is 0.152. The molecular formula is C9H16N4O6. The number of hydrogen-bond acceptors (Lipinski definition) is 4. The highest BCUT2D eigenvalue weighted by atomic mass is 16.4. The lowest BCUT2D eigenvalue weighted by atomic mass is 9.95. The molecule has 0 aromatic rings. The van der Waals surface area contributed by atoms with Gasteiger partial charge in [0.1, 0.15) is 0 Å². The van der Waals surface area contributed by atoms with Gasteiger partial charge in [0.25, 0.3) is 0 Å². The molecule has 0 spiro atoms. The van der Waals surface area contributed by atoms with E-state index in [-0.39, 0.29) is 12.8 Å². The van der Waals surface area contributed by atoms with E-state index in [2.05, 4.69) is 0 Å². The highest BCUT2D eigenvalue weighted by Crippen LogP contribution is 2.21. The van der Waals surface area contributed by atoms with Crippen molar-refractivity contribution in [3.63, 3.8) is 0 Å². The molecule has 10 nitrogen and oxygen atoms in total. The third kappa shape index (κ3) is 3.72. The molecule has 4 amide bonds. The summed E-state index contributed by atoms with van der Waals surface area (Å²) in [6, 6.07) is -0.973. The summed E-state index contributed by atoms with van der Waals surface area (Å²) in [6.07, 6.45) is -2.63. The zero-order chi connectivity index (χ0) is 15.2. The molecule has 0 aromatic carbocycles. The molecule has 0 fully saturated rings. The lowest BCUT2D eigenvalue weighted by Gasteiger charge is -2.42. The van der Waals surface area contributed by atoms with Crippen molar-refractivity contribution in [3.05, 3.63) is 0 Å². The summed E-state index contributed by atoms with van der Waals surface area (Å²) in [5.41, 5.74) is 2.57. The molecule has 1 atom stereocenters. The van der Waals surface area contributed by atoms with Crippen LogP contribution in [-0.4, -0.2) is 56.8 Å². The zero-order valence-electron chi connectivity index (χ0n) is 10.7. The van der Waals surface area contributed by atoms with E-state index in [1.807, 2.05) is 10.9 Å². The van der Waals surface area contributed by atoms with Gasteiger partial charge in [-0.25, -0.2) is 19.6 Å². The third-order valence-corrected chi connectivity index (χ3v) is 2.76. The molecule has 0 bridgehead atoms. The number of nitrogens with zero attached hydrogens (tertiary/aromatic N) is 2. The van der Waals surface area contributed by atoms with Crippen LogP contribution in [0.25, 0.3) is 0 Å². The monoisotopic (exact) mass is 276 g/mol. The summed E-state index contributed by atoms with van der Waals surface area (Å²) in [5, 5.41) is 19.0. The average molecular weight is 276 g/mol. The van der Waals surface area contributed by atoms with Crippen molar-refractivity contribution in [2.24, 2.45) is 0 Å². The maximum atomic E-state index is 11.0. The van der Waals surface area contributed by atoms with Crippen LogP contribution in [0.3, 0.4) is 0 Å². The molecule has 4 N–H and O–H groups in total. The smallest absolute Gasteiger partial charge is 0.426 e. The van der Waals surface area contributed by atoms with Gasteiger partial charge in [0, 0.05) is 0 Å². The number of hydrogen-bond donors (Lipinski definition) is 4. The number of rotatable bonds is 7. The second kappa shape index (κ2) is 6.42. The Kier molecular flexibility index (Phi) is 5.57. The predicted octanol–water partition coefficient (Wildman–Crippen LogP) is -0.564. The van der Waals surface area contributed by atoms with Gasteiger partial charge in [-0.1, -0.05) is 0 Å². The van der Waals surface area contributed by atoms with Gasteiger partial charge in [-0.05, 0) is 20.8 Å². The van der Waals surface area contributed by atoms with Crippen LogP contribution < -0.4 is 10.9 Å². The van der Waals surface area contributed by atoms with E-state index in [0.717, 1.165) is 0 Å². The first kappa shape index (κ1) is 16.5. The number of amides is 4. The quantitative estimate of drug-likeness (QED) is 0.363. The standard InChI is InChI=1S/C9H16N4O6/c1-6(12(7(16)17)10-4-14)9(2,3)13(8(18)19)11-5-15/h4-6H,1-3H3,(H,10,14)(H,11,15)(H,16,17)(H,18,19). The molecule has 10 heteroatoms. The van der Waals surface area contributed by atoms with E-state index in [1.54, 1.807) is 0 Å². The van der Waals surface area contributed by atoms with Gasteiger partial charge in [0.05, 0.1) is 11.6 Å². The Balaban J connectivity index is 5.32. The number of carboxylic acid groups (broad SMARTS) is 2. The molecule has 0 saturated carbocycles. The second-order valence-corrected chi connectivity index (χ2v) is 4.09.